The van der Waals surface area contributed by atoms with Crippen molar-refractivity contribution in [2.75, 3.05) is 0 Å². The lowest BCUT2D eigenvalue weighted by Gasteiger charge is -2.41. The molecule has 1 aliphatic carbocycles. The third-order valence-electron chi connectivity index (χ3n) is 4.16. The average molecular weight is 374 g/mol. The van der Waals surface area contributed by atoms with E-state index in [1.54, 1.807) is 32.1 Å². The van der Waals surface area contributed by atoms with Crippen molar-refractivity contribution in [3.8, 4) is 0 Å². The van der Waals surface area contributed by atoms with Crippen LogP contribution >= 0.6 is 0 Å². The van der Waals surface area contributed by atoms with E-state index in [1.165, 1.54) is 0 Å². The first kappa shape index (κ1) is 22.3. The number of rotatable bonds is 7. The maximum absolute atomic E-state index is 12.1. The molecule has 0 aromatic rings. The number of carbonyl (C=O) groups is 2. The molecule has 0 radical (unpaired) electrons. The van der Waals surface area contributed by atoms with Gasteiger partial charge in [-0.2, -0.15) is 0 Å². The van der Waals surface area contributed by atoms with Crippen molar-refractivity contribution in [2.24, 2.45) is 5.92 Å². The van der Waals surface area contributed by atoms with E-state index in [9.17, 15) is 35.1 Å². The largest absolute Gasteiger partial charge is 0.481 e. The number of hydrogen-bond donors (Lipinski definition) is 6. The van der Waals surface area contributed by atoms with E-state index in [-0.39, 0.29) is 12.8 Å². The van der Waals surface area contributed by atoms with Gasteiger partial charge in [-0.15, -0.1) is 0 Å². The van der Waals surface area contributed by atoms with E-state index >= 15 is 0 Å². The summed E-state index contributed by atoms with van der Waals surface area (Å²) >= 11 is 0. The lowest BCUT2D eigenvalue weighted by atomic mass is 9.85. The first-order chi connectivity index (χ1) is 12.1. The summed E-state index contributed by atoms with van der Waals surface area (Å²) in [5.74, 6) is -2.36. The molecule has 148 valence electrons. The summed E-state index contributed by atoms with van der Waals surface area (Å²) < 4.78 is 5.00. The van der Waals surface area contributed by atoms with Crippen molar-refractivity contribution in [3.63, 3.8) is 0 Å². The number of allylic oxidation sites excluding steroid dienone is 3. The van der Waals surface area contributed by atoms with Crippen molar-refractivity contribution < 1.29 is 45.0 Å². The monoisotopic (exact) mass is 374 g/mol. The lowest BCUT2D eigenvalue weighted by Crippen LogP contribution is -2.64. The Kier molecular flexibility index (Phi) is 8.38. The molecule has 0 spiro atoms. The molecular weight excluding hydrogens is 348 g/mol. The van der Waals surface area contributed by atoms with Crippen LogP contribution in [0.25, 0.3) is 0 Å². The Labute approximate surface area is 150 Å². The van der Waals surface area contributed by atoms with Gasteiger partial charge in [0.05, 0.1) is 12.3 Å². The van der Waals surface area contributed by atoms with E-state index in [2.05, 4.69) is 0 Å². The molecule has 0 aromatic carbocycles. The number of aliphatic hydroxyl groups is 5. The molecular formula is C17H26O9. The highest BCUT2D eigenvalue weighted by Crippen LogP contribution is 2.25. The van der Waals surface area contributed by atoms with Crippen molar-refractivity contribution in [1.82, 2.24) is 0 Å². The summed E-state index contributed by atoms with van der Waals surface area (Å²) in [7, 11) is 0. The van der Waals surface area contributed by atoms with Crippen LogP contribution in [0, 0.1) is 5.92 Å². The normalized spacial score (nSPS) is 33.9. The summed E-state index contributed by atoms with van der Waals surface area (Å²) in [6, 6.07) is 0. The summed E-state index contributed by atoms with van der Waals surface area (Å²) in [5, 5.41) is 57.1. The molecule has 0 amide bonds. The molecule has 9 nitrogen and oxygen atoms in total. The van der Waals surface area contributed by atoms with Crippen molar-refractivity contribution in [1.29, 1.82) is 0 Å². The van der Waals surface area contributed by atoms with Gasteiger partial charge in [0, 0.05) is 0 Å². The second-order valence-corrected chi connectivity index (χ2v) is 6.50. The Bertz CT molecular complexity index is 540. The topological polar surface area (TPSA) is 165 Å². The van der Waals surface area contributed by atoms with E-state index in [0.29, 0.717) is 5.57 Å². The fraction of sp³-hybridized carbons (Fsp3) is 0.647. The Morgan fingerprint density at radius 1 is 1.00 bits per heavy atom. The van der Waals surface area contributed by atoms with Crippen molar-refractivity contribution in [2.45, 2.75) is 63.3 Å². The minimum absolute atomic E-state index is 0.0874. The molecule has 1 saturated carbocycles. The molecule has 3 unspecified atom stereocenters. The van der Waals surface area contributed by atoms with E-state index in [4.69, 9.17) is 9.84 Å². The highest BCUT2D eigenvalue weighted by molar-refractivity contribution is 5.72. The highest BCUT2D eigenvalue weighted by atomic mass is 16.6. The summed E-state index contributed by atoms with van der Waals surface area (Å²) in [6.45, 7) is 3.21. The molecule has 26 heavy (non-hydrogen) atoms. The van der Waals surface area contributed by atoms with Crippen LogP contribution in [0.3, 0.4) is 0 Å². The number of carbonyl (C=O) groups excluding carboxylic acids is 1. The third-order valence-corrected chi connectivity index (χ3v) is 4.16. The van der Waals surface area contributed by atoms with Gasteiger partial charge in [0.2, 0.25) is 0 Å². The zero-order chi connectivity index (χ0) is 20.0. The van der Waals surface area contributed by atoms with Gasteiger partial charge in [0.25, 0.3) is 0 Å². The van der Waals surface area contributed by atoms with E-state index < -0.39 is 54.5 Å². The highest BCUT2D eigenvalue weighted by Gasteiger charge is 2.50. The van der Waals surface area contributed by atoms with Crippen LogP contribution in [-0.4, -0.2) is 79.2 Å². The number of ether oxygens (including phenoxy) is 1. The average Bonchev–Trinajstić information content (AvgIpc) is 2.57. The first-order valence-corrected chi connectivity index (χ1v) is 8.21. The fourth-order valence-corrected chi connectivity index (χ4v) is 2.50. The predicted molar refractivity (Wildman–Crippen MR) is 88.8 cm³/mol. The molecule has 9 heteroatoms. The molecule has 0 heterocycles. The Morgan fingerprint density at radius 3 is 2.00 bits per heavy atom. The number of hydrogen-bond acceptors (Lipinski definition) is 8. The zero-order valence-electron chi connectivity index (χ0n) is 14.6. The van der Waals surface area contributed by atoms with Gasteiger partial charge in [0.1, 0.15) is 30.5 Å². The van der Waals surface area contributed by atoms with Crippen LogP contribution in [0.1, 0.15) is 26.7 Å². The summed E-state index contributed by atoms with van der Waals surface area (Å²) in [6.07, 6.45) is -5.31. The number of aliphatic hydroxyl groups excluding tert-OH is 5. The Balaban J connectivity index is 2.59. The standard InChI is InChI=1S/C17H26O9/c1-8(7-10(18)19)5-3-4-6-9(2)17(25)26-16-14(23)12(21)11(20)13(22)15(16)24/h3-5,9,11-16,20-24H,6-7H2,1-2H3,(H,18,19)/b4-3+,8-5+/t9?,11?,12-,13-,14-,15+,16?/m1/s1. The number of esters is 1. The molecule has 1 rings (SSSR count). The van der Waals surface area contributed by atoms with E-state index in [0.717, 1.165) is 0 Å². The van der Waals surface area contributed by atoms with Gasteiger partial charge in [-0.1, -0.05) is 30.7 Å². The molecule has 1 aliphatic rings. The van der Waals surface area contributed by atoms with Gasteiger partial charge >= 0.3 is 11.9 Å². The van der Waals surface area contributed by atoms with Crippen LogP contribution in [0.5, 0.6) is 0 Å². The molecule has 0 bridgehead atoms. The predicted octanol–water partition coefficient (Wildman–Crippen LogP) is -1.28. The van der Waals surface area contributed by atoms with Crippen LogP contribution in [0.2, 0.25) is 0 Å². The van der Waals surface area contributed by atoms with Crippen LogP contribution in [-0.2, 0) is 14.3 Å². The molecule has 1 fully saturated rings. The van der Waals surface area contributed by atoms with Crippen LogP contribution in [0.4, 0.5) is 0 Å². The SMILES string of the molecule is C/C(=C\C=C\CC(C)C(=O)OC1[C@@H](O)[C@H](O)C(O)[C@@H](O)[C@H]1O)CC(=O)O. The molecule has 0 aliphatic heterocycles. The van der Waals surface area contributed by atoms with Crippen LogP contribution < -0.4 is 0 Å². The Hall–Kier alpha value is -1.78. The number of carboxylic acid groups (broad SMARTS) is 1. The first-order valence-electron chi connectivity index (χ1n) is 8.21. The zero-order valence-corrected chi connectivity index (χ0v) is 14.6. The maximum Gasteiger partial charge on any atom is 0.309 e. The molecule has 0 aromatic heterocycles. The van der Waals surface area contributed by atoms with Crippen molar-refractivity contribution >= 4 is 11.9 Å². The van der Waals surface area contributed by atoms with Gasteiger partial charge in [-0.05, 0) is 13.3 Å². The quantitative estimate of drug-likeness (QED) is 0.235. The van der Waals surface area contributed by atoms with Gasteiger partial charge < -0.3 is 35.4 Å². The Morgan fingerprint density at radius 2 is 1.50 bits per heavy atom. The van der Waals surface area contributed by atoms with Crippen LogP contribution in [0.15, 0.2) is 23.8 Å². The van der Waals surface area contributed by atoms with Gasteiger partial charge in [0.15, 0.2) is 6.10 Å². The number of aliphatic carboxylic acids is 1. The van der Waals surface area contributed by atoms with Gasteiger partial charge in [-0.3, -0.25) is 9.59 Å². The second kappa shape index (κ2) is 9.79. The fourth-order valence-electron chi connectivity index (χ4n) is 2.50. The van der Waals surface area contributed by atoms with Crippen molar-refractivity contribution in [3.05, 3.63) is 23.8 Å². The maximum atomic E-state index is 12.1. The van der Waals surface area contributed by atoms with E-state index in [1.807, 2.05) is 0 Å². The minimum Gasteiger partial charge on any atom is -0.481 e. The summed E-state index contributed by atoms with van der Waals surface area (Å²) in [4.78, 5) is 22.6. The molecule has 7 atom stereocenters. The lowest BCUT2D eigenvalue weighted by molar-refractivity contribution is -0.234. The molecule has 0 saturated heterocycles. The smallest absolute Gasteiger partial charge is 0.309 e. The number of carboxylic acids is 1. The second-order valence-electron chi connectivity index (χ2n) is 6.50. The van der Waals surface area contributed by atoms with Gasteiger partial charge in [-0.25, -0.2) is 0 Å². The third kappa shape index (κ3) is 5.89. The summed E-state index contributed by atoms with van der Waals surface area (Å²) in [5.41, 5.74) is 0.638. The molecule has 6 N–H and O–H groups in total. The minimum atomic E-state index is -1.76.